The van der Waals surface area contributed by atoms with Crippen molar-refractivity contribution in [3.63, 3.8) is 0 Å². The van der Waals surface area contributed by atoms with Gasteiger partial charge in [-0.05, 0) is 12.1 Å². The van der Waals surface area contributed by atoms with Crippen molar-refractivity contribution in [2.24, 2.45) is 5.92 Å². The smallest absolute Gasteiger partial charge is 0.406 e. The lowest BCUT2D eigenvalue weighted by atomic mass is 10.1. The van der Waals surface area contributed by atoms with Crippen LogP contribution in [0.2, 0.25) is 0 Å². The molecule has 0 fully saturated rings. The van der Waals surface area contributed by atoms with Crippen LogP contribution in [0.3, 0.4) is 0 Å². The summed E-state index contributed by atoms with van der Waals surface area (Å²) in [5.74, 6) is -1.86. The van der Waals surface area contributed by atoms with E-state index < -0.39 is 18.6 Å². The third-order valence-electron chi connectivity index (χ3n) is 2.38. The second kappa shape index (κ2) is 5.96. The molecule has 1 aromatic carbocycles. The van der Waals surface area contributed by atoms with Crippen LogP contribution in [-0.4, -0.2) is 19.8 Å². The van der Waals surface area contributed by atoms with Crippen molar-refractivity contribution in [3.05, 3.63) is 23.8 Å². The maximum Gasteiger partial charge on any atom is 0.406 e. The first-order chi connectivity index (χ1) is 8.92. The van der Waals surface area contributed by atoms with Crippen LogP contribution >= 0.6 is 0 Å². The summed E-state index contributed by atoms with van der Waals surface area (Å²) >= 11 is 0. The fourth-order valence-corrected chi connectivity index (χ4v) is 1.35. The van der Waals surface area contributed by atoms with E-state index in [0.717, 1.165) is 0 Å². The maximum atomic E-state index is 12.4. The van der Waals surface area contributed by atoms with Crippen LogP contribution in [0.25, 0.3) is 0 Å². The fraction of sp³-hybridized carbons (Fsp3) is 0.333. The normalized spacial score (nSPS) is 12.1. The summed E-state index contributed by atoms with van der Waals surface area (Å²) in [4.78, 5) is 0. The van der Waals surface area contributed by atoms with E-state index in [-0.39, 0.29) is 5.75 Å². The Bertz CT molecular complexity index is 528. The summed E-state index contributed by atoms with van der Waals surface area (Å²) < 4.78 is 42.1. The van der Waals surface area contributed by atoms with Gasteiger partial charge in [-0.25, -0.2) is 0 Å². The van der Waals surface area contributed by atoms with Crippen molar-refractivity contribution >= 4 is 5.69 Å². The molecule has 0 bridgehead atoms. The number of halogens is 3. The molecular formula is C12H10F3N3O. The highest BCUT2D eigenvalue weighted by Crippen LogP contribution is 2.29. The van der Waals surface area contributed by atoms with E-state index in [9.17, 15) is 13.2 Å². The van der Waals surface area contributed by atoms with Gasteiger partial charge in [0.15, 0.2) is 5.92 Å². The fourth-order valence-electron chi connectivity index (χ4n) is 1.35. The lowest BCUT2D eigenvalue weighted by Crippen LogP contribution is -2.28. The molecule has 0 aromatic heterocycles. The number of benzene rings is 1. The Morgan fingerprint density at radius 2 is 2.05 bits per heavy atom. The van der Waals surface area contributed by atoms with E-state index in [1.807, 2.05) is 6.07 Å². The standard InChI is InChI=1S/C12H10F3N3O/c1-19-11-4-8(5-16)2-3-10(11)18-7-9(6-17)12(13,14)15/h2-4,9,18H,7H2,1H3. The van der Waals surface area contributed by atoms with Crippen LogP contribution < -0.4 is 10.1 Å². The number of anilines is 1. The zero-order valence-corrected chi connectivity index (χ0v) is 9.95. The van der Waals surface area contributed by atoms with Crippen molar-refractivity contribution in [1.82, 2.24) is 0 Å². The molecule has 0 saturated carbocycles. The molecule has 1 rings (SSSR count). The maximum absolute atomic E-state index is 12.4. The van der Waals surface area contributed by atoms with Gasteiger partial charge in [-0.3, -0.25) is 0 Å². The van der Waals surface area contributed by atoms with E-state index in [0.29, 0.717) is 11.3 Å². The number of alkyl halides is 3. The number of methoxy groups -OCH3 is 1. The molecule has 1 N–H and O–H groups in total. The zero-order chi connectivity index (χ0) is 14.5. The topological polar surface area (TPSA) is 68.8 Å². The predicted molar refractivity (Wildman–Crippen MR) is 61.4 cm³/mol. The highest BCUT2D eigenvalue weighted by atomic mass is 19.4. The van der Waals surface area contributed by atoms with Gasteiger partial charge in [-0.1, -0.05) is 0 Å². The molecule has 0 saturated heterocycles. The van der Waals surface area contributed by atoms with Gasteiger partial charge in [0.1, 0.15) is 5.75 Å². The van der Waals surface area contributed by atoms with Gasteiger partial charge < -0.3 is 10.1 Å². The Morgan fingerprint density at radius 1 is 1.37 bits per heavy atom. The number of nitrogens with one attached hydrogen (secondary N) is 1. The van der Waals surface area contributed by atoms with E-state index >= 15 is 0 Å². The molecule has 19 heavy (non-hydrogen) atoms. The van der Waals surface area contributed by atoms with Gasteiger partial charge in [-0.15, -0.1) is 0 Å². The zero-order valence-electron chi connectivity index (χ0n) is 9.95. The molecule has 0 heterocycles. The first kappa shape index (κ1) is 14.7. The molecule has 100 valence electrons. The van der Waals surface area contributed by atoms with E-state index in [1.54, 1.807) is 0 Å². The summed E-state index contributed by atoms with van der Waals surface area (Å²) in [5, 5.41) is 19.7. The third kappa shape index (κ3) is 3.78. The van der Waals surface area contributed by atoms with Crippen LogP contribution in [0.5, 0.6) is 5.75 Å². The molecule has 1 unspecified atom stereocenters. The number of ether oxygens (including phenoxy) is 1. The van der Waals surface area contributed by atoms with Gasteiger partial charge in [0.05, 0.1) is 30.5 Å². The van der Waals surface area contributed by atoms with Crippen LogP contribution in [0.4, 0.5) is 18.9 Å². The summed E-state index contributed by atoms with van der Waals surface area (Å²) in [7, 11) is 1.34. The van der Waals surface area contributed by atoms with Gasteiger partial charge in [-0.2, -0.15) is 23.7 Å². The van der Waals surface area contributed by atoms with E-state index in [2.05, 4.69) is 5.32 Å². The molecule has 1 aromatic rings. The Labute approximate surface area is 108 Å². The average molecular weight is 269 g/mol. The summed E-state index contributed by atoms with van der Waals surface area (Å²) in [6, 6.07) is 7.36. The molecule has 4 nitrogen and oxygen atoms in total. The molecule has 0 aliphatic carbocycles. The van der Waals surface area contributed by atoms with Crippen molar-refractivity contribution in [3.8, 4) is 17.9 Å². The quantitative estimate of drug-likeness (QED) is 0.912. The molecule has 0 radical (unpaired) electrons. The Kier molecular flexibility index (Phi) is 4.60. The largest absolute Gasteiger partial charge is 0.495 e. The monoisotopic (exact) mass is 269 g/mol. The molecule has 1 atom stereocenters. The van der Waals surface area contributed by atoms with E-state index in [4.69, 9.17) is 15.3 Å². The lowest BCUT2D eigenvalue weighted by molar-refractivity contribution is -0.155. The van der Waals surface area contributed by atoms with Crippen molar-refractivity contribution in [2.45, 2.75) is 6.18 Å². The van der Waals surface area contributed by atoms with Gasteiger partial charge in [0.2, 0.25) is 0 Å². The van der Waals surface area contributed by atoms with Crippen molar-refractivity contribution in [1.29, 1.82) is 10.5 Å². The number of nitrogens with zero attached hydrogens (tertiary/aromatic N) is 2. The van der Waals surface area contributed by atoms with Crippen LogP contribution in [0, 0.1) is 28.6 Å². The minimum Gasteiger partial charge on any atom is -0.495 e. The molecule has 0 spiro atoms. The Hall–Kier alpha value is -2.41. The highest BCUT2D eigenvalue weighted by Gasteiger charge is 2.39. The summed E-state index contributed by atoms with van der Waals surface area (Å²) in [6.07, 6.45) is -4.58. The minimum absolute atomic E-state index is 0.248. The predicted octanol–water partition coefficient (Wildman–Crippen LogP) is 2.68. The van der Waals surface area contributed by atoms with Gasteiger partial charge in [0.25, 0.3) is 0 Å². The molecule has 0 aliphatic heterocycles. The number of rotatable bonds is 4. The SMILES string of the molecule is COc1cc(C#N)ccc1NCC(C#N)C(F)(F)F. The van der Waals surface area contributed by atoms with E-state index in [1.165, 1.54) is 31.4 Å². The van der Waals surface area contributed by atoms with Gasteiger partial charge >= 0.3 is 6.18 Å². The van der Waals surface area contributed by atoms with Crippen molar-refractivity contribution in [2.75, 3.05) is 19.0 Å². The van der Waals surface area contributed by atoms with Crippen LogP contribution in [0.1, 0.15) is 5.56 Å². The molecular weight excluding hydrogens is 259 g/mol. The van der Waals surface area contributed by atoms with Crippen LogP contribution in [0.15, 0.2) is 18.2 Å². The molecule has 0 amide bonds. The average Bonchev–Trinajstić information content (AvgIpc) is 2.38. The Balaban J connectivity index is 2.84. The first-order valence-corrected chi connectivity index (χ1v) is 5.20. The lowest BCUT2D eigenvalue weighted by Gasteiger charge is -2.16. The number of nitriles is 2. The third-order valence-corrected chi connectivity index (χ3v) is 2.38. The first-order valence-electron chi connectivity index (χ1n) is 5.20. The number of hydrogen-bond acceptors (Lipinski definition) is 4. The molecule has 7 heteroatoms. The summed E-state index contributed by atoms with van der Waals surface area (Å²) in [5.41, 5.74) is 0.626. The highest BCUT2D eigenvalue weighted by molar-refractivity contribution is 5.59. The van der Waals surface area contributed by atoms with Crippen molar-refractivity contribution < 1.29 is 17.9 Å². The second-order valence-electron chi connectivity index (χ2n) is 3.63. The molecule has 0 aliphatic rings. The number of hydrogen-bond donors (Lipinski definition) is 1. The summed E-state index contributed by atoms with van der Waals surface area (Å²) in [6.45, 7) is -0.581. The Morgan fingerprint density at radius 3 is 2.53 bits per heavy atom. The second-order valence-corrected chi connectivity index (χ2v) is 3.63. The van der Waals surface area contributed by atoms with Crippen LogP contribution in [-0.2, 0) is 0 Å². The minimum atomic E-state index is -4.58. The van der Waals surface area contributed by atoms with Gasteiger partial charge in [0, 0.05) is 12.6 Å².